The first kappa shape index (κ1) is 19.8. The van der Waals surface area contributed by atoms with Crippen molar-refractivity contribution in [3.8, 4) is 0 Å². The number of aryl methyl sites for hydroxylation is 1. The molecule has 0 radical (unpaired) electrons. The summed E-state index contributed by atoms with van der Waals surface area (Å²) in [4.78, 5) is 15.2. The Kier molecular flexibility index (Phi) is 4.81. The molecule has 1 fully saturated rings. The van der Waals surface area contributed by atoms with Crippen molar-refractivity contribution in [3.63, 3.8) is 0 Å². The maximum atomic E-state index is 13.0. The molecule has 1 amide bonds. The molecule has 3 heterocycles. The predicted molar refractivity (Wildman–Crippen MR) is 121 cm³/mol. The van der Waals surface area contributed by atoms with Crippen molar-refractivity contribution in [2.24, 2.45) is 10.3 Å². The van der Waals surface area contributed by atoms with Crippen molar-refractivity contribution >= 4 is 38.4 Å². The van der Waals surface area contributed by atoms with Crippen molar-refractivity contribution in [3.05, 3.63) is 60.3 Å². The summed E-state index contributed by atoms with van der Waals surface area (Å²) in [5, 5.41) is 4.13. The number of benzene rings is 2. The van der Waals surface area contributed by atoms with E-state index in [0.717, 1.165) is 36.0 Å². The third kappa shape index (κ3) is 3.50. The molecule has 1 saturated heterocycles. The van der Waals surface area contributed by atoms with Gasteiger partial charge in [0.15, 0.2) is 5.84 Å². The molecule has 31 heavy (non-hydrogen) atoms. The van der Waals surface area contributed by atoms with Crippen molar-refractivity contribution < 1.29 is 13.2 Å². The molecule has 0 aliphatic carbocycles. The van der Waals surface area contributed by atoms with Crippen LogP contribution in [-0.2, 0) is 21.4 Å². The van der Waals surface area contributed by atoms with Crippen LogP contribution in [0.4, 0.5) is 5.69 Å². The third-order valence-electron chi connectivity index (χ3n) is 6.08. The lowest BCUT2D eigenvalue weighted by Gasteiger charge is -2.33. The molecule has 2 aliphatic heterocycles. The average molecular weight is 437 g/mol. The first-order valence-electron chi connectivity index (χ1n) is 10.6. The van der Waals surface area contributed by atoms with Crippen LogP contribution in [0.25, 0.3) is 10.9 Å². The molecular weight excluding hydrogens is 412 g/mol. The topological polar surface area (TPSA) is 83.8 Å². The first-order valence-corrected chi connectivity index (χ1v) is 12.0. The maximum absolute atomic E-state index is 13.0. The van der Waals surface area contributed by atoms with Gasteiger partial charge in [0, 0.05) is 48.0 Å². The van der Waals surface area contributed by atoms with Crippen molar-refractivity contribution in [1.29, 1.82) is 0 Å². The van der Waals surface area contributed by atoms with E-state index in [2.05, 4.69) is 21.2 Å². The summed E-state index contributed by atoms with van der Waals surface area (Å²) in [6.45, 7) is 4.13. The number of likely N-dealkylation sites (tertiary alicyclic amines) is 1. The number of nitrogens with one attached hydrogen (secondary N) is 1. The molecule has 2 aromatic carbocycles. The highest BCUT2D eigenvalue weighted by Gasteiger charge is 2.35. The molecule has 1 aromatic heterocycles. The Morgan fingerprint density at radius 2 is 2.03 bits per heavy atom. The minimum absolute atomic E-state index is 0.0475. The number of carbonyl (C=O) groups is 1. The standard InChI is InChI=1S/C23H24N4O3S/c1-2-26-13-11-16-14-18(9-10-20(16)26)24-23(28)17-6-5-12-27(15-17)22-19-7-3-4-8-21(19)31(29,30)25-22/h3-4,7-11,13-14,17H,2,5-6,12,15H2,1H3,(H,24,28). The number of aromatic nitrogens is 1. The van der Waals surface area contributed by atoms with E-state index in [4.69, 9.17) is 0 Å². The van der Waals surface area contributed by atoms with Gasteiger partial charge in [-0.2, -0.15) is 8.42 Å². The van der Waals surface area contributed by atoms with E-state index in [1.54, 1.807) is 18.2 Å². The molecule has 160 valence electrons. The van der Waals surface area contributed by atoms with Gasteiger partial charge in [0.1, 0.15) is 4.90 Å². The second kappa shape index (κ2) is 7.53. The summed E-state index contributed by atoms with van der Waals surface area (Å²) < 4.78 is 31.0. The fourth-order valence-corrected chi connectivity index (χ4v) is 5.73. The number of hydrogen-bond donors (Lipinski definition) is 1. The fraction of sp³-hybridized carbons (Fsp3) is 0.304. The first-order chi connectivity index (χ1) is 15.0. The van der Waals surface area contributed by atoms with E-state index in [0.29, 0.717) is 24.5 Å². The van der Waals surface area contributed by atoms with Gasteiger partial charge in [0.25, 0.3) is 10.0 Å². The van der Waals surface area contributed by atoms with Crippen molar-refractivity contribution in [2.45, 2.75) is 31.2 Å². The highest BCUT2D eigenvalue weighted by Crippen LogP contribution is 2.30. The Morgan fingerprint density at radius 1 is 1.19 bits per heavy atom. The fourth-order valence-electron chi connectivity index (χ4n) is 4.50. The highest BCUT2D eigenvalue weighted by atomic mass is 32.2. The summed E-state index contributed by atoms with van der Waals surface area (Å²) in [5.41, 5.74) is 2.53. The predicted octanol–water partition coefficient (Wildman–Crippen LogP) is 3.46. The molecule has 1 atom stereocenters. The molecule has 3 aromatic rings. The molecule has 1 unspecified atom stereocenters. The van der Waals surface area contributed by atoms with Gasteiger partial charge in [0.05, 0.1) is 5.92 Å². The maximum Gasteiger partial charge on any atom is 0.285 e. The Balaban J connectivity index is 1.33. The number of rotatable bonds is 3. The third-order valence-corrected chi connectivity index (χ3v) is 7.41. The van der Waals surface area contributed by atoms with Crippen LogP contribution < -0.4 is 5.32 Å². The number of hydrogen-bond acceptors (Lipinski definition) is 4. The molecule has 0 saturated carbocycles. The zero-order valence-corrected chi connectivity index (χ0v) is 18.1. The number of nitrogens with zero attached hydrogens (tertiary/aromatic N) is 3. The number of anilines is 1. The number of piperidine rings is 1. The van der Waals surface area contributed by atoms with Crippen molar-refractivity contribution in [1.82, 2.24) is 9.47 Å². The monoisotopic (exact) mass is 436 g/mol. The van der Waals surface area contributed by atoms with Gasteiger partial charge in [-0.15, -0.1) is 4.40 Å². The van der Waals surface area contributed by atoms with Crippen LogP contribution in [0.3, 0.4) is 0 Å². The second-order valence-electron chi connectivity index (χ2n) is 8.04. The number of carbonyl (C=O) groups excluding carboxylic acids is 1. The molecule has 5 rings (SSSR count). The van der Waals surface area contributed by atoms with E-state index in [9.17, 15) is 13.2 Å². The zero-order chi connectivity index (χ0) is 21.6. The molecule has 0 spiro atoms. The van der Waals surface area contributed by atoms with E-state index in [1.807, 2.05) is 41.4 Å². The Hall–Kier alpha value is -3.13. The van der Waals surface area contributed by atoms with Gasteiger partial charge in [-0.25, -0.2) is 0 Å². The van der Waals surface area contributed by atoms with Gasteiger partial charge in [-0.05, 0) is 56.2 Å². The Bertz CT molecular complexity index is 1310. The molecule has 2 aliphatic rings. The van der Waals surface area contributed by atoms with Crippen LogP contribution in [0.15, 0.2) is 64.0 Å². The Labute approximate surface area is 181 Å². The number of amides is 1. The Morgan fingerprint density at radius 3 is 2.87 bits per heavy atom. The van der Waals surface area contributed by atoms with E-state index in [-0.39, 0.29) is 16.7 Å². The second-order valence-corrected chi connectivity index (χ2v) is 9.61. The van der Waals surface area contributed by atoms with Gasteiger partial charge < -0.3 is 14.8 Å². The minimum atomic E-state index is -3.67. The summed E-state index contributed by atoms with van der Waals surface area (Å²) in [6, 6.07) is 14.9. The number of sulfonamides is 1. The molecule has 8 heteroatoms. The van der Waals surface area contributed by atoms with Crippen LogP contribution in [0, 0.1) is 5.92 Å². The smallest absolute Gasteiger partial charge is 0.285 e. The summed E-state index contributed by atoms with van der Waals surface area (Å²) >= 11 is 0. The van der Waals surface area contributed by atoms with Crippen LogP contribution in [0.1, 0.15) is 25.3 Å². The summed E-state index contributed by atoms with van der Waals surface area (Å²) in [7, 11) is -3.67. The zero-order valence-electron chi connectivity index (χ0n) is 17.3. The quantitative estimate of drug-likeness (QED) is 0.682. The van der Waals surface area contributed by atoms with Crippen LogP contribution >= 0.6 is 0 Å². The highest BCUT2D eigenvalue weighted by molar-refractivity contribution is 7.90. The largest absolute Gasteiger partial charge is 0.355 e. The molecule has 0 bridgehead atoms. The lowest BCUT2D eigenvalue weighted by atomic mass is 9.96. The van der Waals surface area contributed by atoms with Crippen LogP contribution in [0.5, 0.6) is 0 Å². The average Bonchev–Trinajstić information content (AvgIpc) is 3.31. The summed E-state index contributed by atoms with van der Waals surface area (Å²) in [6.07, 6.45) is 3.61. The van der Waals surface area contributed by atoms with E-state index < -0.39 is 10.0 Å². The van der Waals surface area contributed by atoms with Gasteiger partial charge in [0.2, 0.25) is 5.91 Å². The van der Waals surface area contributed by atoms with Crippen LogP contribution in [0.2, 0.25) is 0 Å². The molecule has 7 nitrogen and oxygen atoms in total. The van der Waals surface area contributed by atoms with E-state index >= 15 is 0 Å². The number of fused-ring (bicyclic) bond motifs is 2. The van der Waals surface area contributed by atoms with Gasteiger partial charge in [-0.3, -0.25) is 4.79 Å². The van der Waals surface area contributed by atoms with Gasteiger partial charge >= 0.3 is 0 Å². The minimum Gasteiger partial charge on any atom is -0.355 e. The summed E-state index contributed by atoms with van der Waals surface area (Å²) in [5.74, 6) is 0.173. The van der Waals surface area contributed by atoms with Crippen LogP contribution in [-0.4, -0.2) is 42.7 Å². The molecule has 1 N–H and O–H groups in total. The molecular formula is C23H24N4O3S. The SMILES string of the molecule is CCn1ccc2cc(NC(=O)C3CCCN(C4=NS(=O)(=O)c5ccccc54)C3)ccc21. The van der Waals surface area contributed by atoms with Crippen molar-refractivity contribution in [2.75, 3.05) is 18.4 Å². The van der Waals surface area contributed by atoms with E-state index in [1.165, 1.54) is 0 Å². The lowest BCUT2D eigenvalue weighted by Crippen LogP contribution is -2.43. The lowest BCUT2D eigenvalue weighted by molar-refractivity contribution is -0.121. The van der Waals surface area contributed by atoms with Gasteiger partial charge in [-0.1, -0.05) is 12.1 Å². The number of amidine groups is 1. The normalized spacial score (nSPS) is 19.8.